The van der Waals surface area contributed by atoms with Gasteiger partial charge in [0.1, 0.15) is 5.76 Å². The molecule has 2 heterocycles. The fourth-order valence-corrected chi connectivity index (χ4v) is 4.81. The molecule has 4 nitrogen and oxygen atoms in total. The van der Waals surface area contributed by atoms with E-state index in [0.717, 1.165) is 37.5 Å². The summed E-state index contributed by atoms with van der Waals surface area (Å²) >= 11 is 0. The minimum Gasteiger partial charge on any atom is -0.468 e. The van der Waals surface area contributed by atoms with E-state index in [2.05, 4.69) is 23.6 Å². The summed E-state index contributed by atoms with van der Waals surface area (Å²) < 4.78 is 5.55. The Kier molecular flexibility index (Phi) is 5.83. The van der Waals surface area contributed by atoms with Gasteiger partial charge in [-0.05, 0) is 36.8 Å². The van der Waals surface area contributed by atoms with Crippen molar-refractivity contribution in [1.29, 1.82) is 0 Å². The predicted octanol–water partition coefficient (Wildman–Crippen LogP) is 4.75. The van der Waals surface area contributed by atoms with Crippen LogP contribution < -0.4 is 0 Å². The molecule has 0 radical (unpaired) electrons. The van der Waals surface area contributed by atoms with E-state index < -0.39 is 0 Å². The van der Waals surface area contributed by atoms with Crippen LogP contribution in [0.3, 0.4) is 0 Å². The second-order valence-electron chi connectivity index (χ2n) is 8.84. The molecule has 0 amide bonds. The molecule has 4 rings (SSSR count). The van der Waals surface area contributed by atoms with Gasteiger partial charge in [-0.3, -0.25) is 9.69 Å². The van der Waals surface area contributed by atoms with Gasteiger partial charge in [0.05, 0.1) is 19.5 Å². The number of ketones is 1. The third-order valence-electron chi connectivity index (χ3n) is 6.03. The Morgan fingerprint density at radius 2 is 1.96 bits per heavy atom. The molecule has 0 N–H and O–H groups in total. The third-order valence-corrected chi connectivity index (χ3v) is 6.03. The second kappa shape index (κ2) is 7.77. The first kappa shape index (κ1) is 19.5. The zero-order valence-corrected chi connectivity index (χ0v) is 16.8. The van der Waals surface area contributed by atoms with E-state index in [-0.39, 0.29) is 17.8 Å². The number of nitrogens with zero attached hydrogens (tertiary/aromatic N) is 2. The van der Waals surface area contributed by atoms with Crippen LogP contribution in [0.5, 0.6) is 0 Å². The number of Topliss-reactive ketones (excluding diaryl/α,β-unsaturated/α-hetero) is 1. The Morgan fingerprint density at radius 1 is 1.19 bits per heavy atom. The molecule has 0 aromatic carbocycles. The van der Waals surface area contributed by atoms with Gasteiger partial charge >= 0.3 is 0 Å². The molecule has 1 fully saturated rings. The van der Waals surface area contributed by atoms with E-state index in [0.29, 0.717) is 18.2 Å². The van der Waals surface area contributed by atoms with Crippen LogP contribution in [0.15, 0.2) is 34.1 Å². The van der Waals surface area contributed by atoms with Crippen molar-refractivity contribution in [3.63, 3.8) is 0 Å². The molecule has 26 heavy (non-hydrogen) atoms. The summed E-state index contributed by atoms with van der Waals surface area (Å²) in [4.78, 5) is 17.8. The molecular weight excluding hydrogens is 348 g/mol. The van der Waals surface area contributed by atoms with Gasteiger partial charge in [-0.15, -0.1) is 12.4 Å². The van der Waals surface area contributed by atoms with E-state index >= 15 is 0 Å². The molecule has 1 saturated carbocycles. The van der Waals surface area contributed by atoms with Crippen molar-refractivity contribution in [2.45, 2.75) is 71.4 Å². The Bertz CT molecular complexity index is 660. The summed E-state index contributed by atoms with van der Waals surface area (Å²) in [5, 5.41) is 0. The van der Waals surface area contributed by atoms with Crippen molar-refractivity contribution in [1.82, 2.24) is 9.80 Å². The van der Waals surface area contributed by atoms with Gasteiger partial charge in [-0.25, -0.2) is 0 Å². The van der Waals surface area contributed by atoms with Crippen molar-refractivity contribution in [2.75, 3.05) is 13.2 Å². The Balaban J connectivity index is 0.00000196. The topological polar surface area (TPSA) is 36.7 Å². The van der Waals surface area contributed by atoms with Gasteiger partial charge < -0.3 is 9.32 Å². The van der Waals surface area contributed by atoms with Crippen LogP contribution >= 0.6 is 12.4 Å². The first-order chi connectivity index (χ1) is 12.0. The molecular formula is C21H31ClN2O2. The average Bonchev–Trinajstić information content (AvgIpc) is 3.08. The highest BCUT2D eigenvalue weighted by molar-refractivity contribution is 5.98. The number of hydrogen-bond donors (Lipinski definition) is 0. The standard InChI is InChI=1S/C21H30N2O2.ClH/c1-21(2)11-19-18(20(24)12-21)14-22(13-17-9-6-10-25-17)15-23(19)16-7-4-3-5-8-16;/h6,9-10,16H,3-5,7-8,11-15H2,1-2H3;1H. The lowest BCUT2D eigenvalue weighted by molar-refractivity contribution is -0.119. The monoisotopic (exact) mass is 378 g/mol. The summed E-state index contributed by atoms with van der Waals surface area (Å²) in [6.45, 7) is 6.96. The maximum absolute atomic E-state index is 12.9. The number of hydrogen-bond acceptors (Lipinski definition) is 4. The fraction of sp³-hybridized carbons (Fsp3) is 0.667. The lowest BCUT2D eigenvalue weighted by Crippen LogP contribution is -2.51. The van der Waals surface area contributed by atoms with E-state index in [9.17, 15) is 4.79 Å². The molecule has 0 saturated heterocycles. The van der Waals surface area contributed by atoms with Crippen molar-refractivity contribution in [3.8, 4) is 0 Å². The zero-order valence-electron chi connectivity index (χ0n) is 16.0. The molecule has 0 unspecified atom stereocenters. The van der Waals surface area contributed by atoms with E-state index in [1.807, 2.05) is 12.1 Å². The van der Waals surface area contributed by atoms with Crippen LogP contribution in [0.2, 0.25) is 0 Å². The molecule has 0 bridgehead atoms. The molecule has 3 aliphatic rings. The van der Waals surface area contributed by atoms with Gasteiger partial charge in [0.2, 0.25) is 0 Å². The lowest BCUT2D eigenvalue weighted by Gasteiger charge is -2.48. The lowest BCUT2D eigenvalue weighted by atomic mass is 9.74. The SMILES string of the molecule is CC1(C)CC(=O)C2=C(C1)N(C1CCCCC1)CN(Cc1ccco1)C2.Cl. The second-order valence-corrected chi connectivity index (χ2v) is 8.84. The van der Waals surface area contributed by atoms with Gasteiger partial charge in [0.25, 0.3) is 0 Å². The van der Waals surface area contributed by atoms with Crippen LogP contribution in [-0.4, -0.2) is 34.8 Å². The van der Waals surface area contributed by atoms with Gasteiger partial charge in [-0.1, -0.05) is 33.1 Å². The van der Waals surface area contributed by atoms with Crippen LogP contribution in [-0.2, 0) is 11.3 Å². The van der Waals surface area contributed by atoms with E-state index in [1.165, 1.54) is 37.8 Å². The van der Waals surface area contributed by atoms with Crippen LogP contribution in [0.4, 0.5) is 0 Å². The number of allylic oxidation sites excluding steroid dienone is 1. The predicted molar refractivity (Wildman–Crippen MR) is 105 cm³/mol. The van der Waals surface area contributed by atoms with E-state index in [4.69, 9.17) is 4.42 Å². The minimum atomic E-state index is 0. The van der Waals surface area contributed by atoms with Gasteiger partial charge in [0.15, 0.2) is 5.78 Å². The normalized spacial score (nSPS) is 24.4. The van der Waals surface area contributed by atoms with Crippen molar-refractivity contribution in [3.05, 3.63) is 35.4 Å². The first-order valence-electron chi connectivity index (χ1n) is 9.78. The highest BCUT2D eigenvalue weighted by Gasteiger charge is 2.40. The average molecular weight is 379 g/mol. The maximum atomic E-state index is 12.9. The molecule has 1 aliphatic heterocycles. The Morgan fingerprint density at radius 3 is 2.65 bits per heavy atom. The molecule has 5 heteroatoms. The Hall–Kier alpha value is -1.26. The largest absolute Gasteiger partial charge is 0.468 e. The Labute approximate surface area is 163 Å². The van der Waals surface area contributed by atoms with E-state index in [1.54, 1.807) is 6.26 Å². The zero-order chi connectivity index (χ0) is 17.4. The molecule has 0 spiro atoms. The van der Waals surface area contributed by atoms with Gasteiger partial charge in [-0.2, -0.15) is 0 Å². The third kappa shape index (κ3) is 4.01. The van der Waals surface area contributed by atoms with Crippen molar-refractivity contribution in [2.24, 2.45) is 5.41 Å². The molecule has 2 aliphatic carbocycles. The van der Waals surface area contributed by atoms with Crippen molar-refractivity contribution >= 4 is 18.2 Å². The number of rotatable bonds is 3. The summed E-state index contributed by atoms with van der Waals surface area (Å²) in [6, 6.07) is 4.57. The quantitative estimate of drug-likeness (QED) is 0.760. The number of halogens is 1. The summed E-state index contributed by atoms with van der Waals surface area (Å²) in [5.74, 6) is 1.34. The number of carbonyl (C=O) groups excluding carboxylic acids is 1. The van der Waals surface area contributed by atoms with Gasteiger partial charge in [0, 0.05) is 30.3 Å². The summed E-state index contributed by atoms with van der Waals surface area (Å²) in [5.41, 5.74) is 2.51. The summed E-state index contributed by atoms with van der Waals surface area (Å²) in [7, 11) is 0. The van der Waals surface area contributed by atoms with Crippen molar-refractivity contribution < 1.29 is 9.21 Å². The van der Waals surface area contributed by atoms with Crippen LogP contribution in [0.1, 0.15) is 64.6 Å². The molecule has 144 valence electrons. The highest BCUT2D eigenvalue weighted by Crippen LogP contribution is 2.42. The maximum Gasteiger partial charge on any atom is 0.162 e. The summed E-state index contributed by atoms with van der Waals surface area (Å²) in [6.07, 6.45) is 9.98. The smallest absolute Gasteiger partial charge is 0.162 e. The number of carbonyl (C=O) groups is 1. The molecule has 0 atom stereocenters. The number of furan rings is 1. The first-order valence-corrected chi connectivity index (χ1v) is 9.78. The van der Waals surface area contributed by atoms with Crippen LogP contribution in [0.25, 0.3) is 0 Å². The fourth-order valence-electron chi connectivity index (χ4n) is 4.81. The highest BCUT2D eigenvalue weighted by atomic mass is 35.5. The van der Waals surface area contributed by atoms with Crippen LogP contribution in [0, 0.1) is 5.41 Å². The minimum absolute atomic E-state index is 0. The molecule has 1 aromatic rings. The molecule has 1 aromatic heterocycles.